The Bertz CT molecular complexity index is 699. The van der Waals surface area contributed by atoms with Crippen LogP contribution in [0.5, 0.6) is 0 Å². The molecular formula is C20H29BrF3NO2S. The molecule has 160 valence electrons. The minimum absolute atomic E-state index is 0.0940. The van der Waals surface area contributed by atoms with Gasteiger partial charge in [-0.05, 0) is 55.4 Å². The molecule has 1 aliphatic rings. The van der Waals surface area contributed by atoms with Gasteiger partial charge in [0.1, 0.15) is 0 Å². The van der Waals surface area contributed by atoms with Gasteiger partial charge in [0.25, 0.3) is 0 Å². The Kier molecular flexibility index (Phi) is 8.82. The van der Waals surface area contributed by atoms with E-state index >= 15 is 0 Å². The van der Waals surface area contributed by atoms with Crippen LogP contribution in [-0.2, 0) is 16.2 Å². The molecular weight excluding hydrogens is 455 g/mol. The quantitative estimate of drug-likeness (QED) is 0.314. The third-order valence-corrected chi connectivity index (χ3v) is 8.02. The first kappa shape index (κ1) is 23.7. The van der Waals surface area contributed by atoms with E-state index in [1.54, 1.807) is 0 Å². The molecule has 1 saturated carbocycles. The van der Waals surface area contributed by atoms with Gasteiger partial charge in [-0.1, -0.05) is 48.0 Å². The van der Waals surface area contributed by atoms with Crippen LogP contribution < -0.4 is 0 Å². The lowest BCUT2D eigenvalue weighted by atomic mass is 9.80. The molecule has 0 aromatic heterocycles. The van der Waals surface area contributed by atoms with Crippen molar-refractivity contribution in [3.05, 3.63) is 29.8 Å². The Labute approximate surface area is 174 Å². The van der Waals surface area contributed by atoms with E-state index in [0.717, 1.165) is 61.2 Å². The van der Waals surface area contributed by atoms with Crippen molar-refractivity contribution < 1.29 is 21.6 Å². The Morgan fingerprint density at radius 1 is 1.00 bits per heavy atom. The van der Waals surface area contributed by atoms with Crippen molar-refractivity contribution in [1.82, 2.24) is 4.31 Å². The molecule has 0 aliphatic heterocycles. The second kappa shape index (κ2) is 10.4. The number of rotatable bonds is 9. The summed E-state index contributed by atoms with van der Waals surface area (Å²) in [6.45, 7) is 0.416. The van der Waals surface area contributed by atoms with E-state index in [-0.39, 0.29) is 4.90 Å². The van der Waals surface area contributed by atoms with Crippen molar-refractivity contribution in [2.45, 2.75) is 62.4 Å². The molecule has 0 N–H and O–H groups in total. The first-order chi connectivity index (χ1) is 13.1. The first-order valence-electron chi connectivity index (χ1n) is 9.84. The summed E-state index contributed by atoms with van der Waals surface area (Å²) in [5, 5.41) is 1.06. The fourth-order valence-electron chi connectivity index (χ4n) is 3.86. The molecule has 0 saturated heterocycles. The van der Waals surface area contributed by atoms with E-state index in [0.29, 0.717) is 12.5 Å². The normalized spacial score (nSPS) is 21.2. The van der Waals surface area contributed by atoms with Crippen LogP contribution in [0.1, 0.15) is 56.9 Å². The third kappa shape index (κ3) is 6.73. The van der Waals surface area contributed by atoms with Gasteiger partial charge in [-0.25, -0.2) is 12.7 Å². The monoisotopic (exact) mass is 483 g/mol. The van der Waals surface area contributed by atoms with Crippen LogP contribution in [-0.4, -0.2) is 31.6 Å². The standard InChI is InChI=1S/C20H29BrF3NO2S/c1-25(15-17-8-6-16(7-9-17)5-3-2-4-14-21)28(26,27)19-12-10-18(11-13-19)20(22,23)24/h10-13,16-17H,2-9,14-15H2,1H3/t16-,17-. The Morgan fingerprint density at radius 2 is 1.57 bits per heavy atom. The van der Waals surface area contributed by atoms with E-state index in [1.807, 2.05) is 0 Å². The van der Waals surface area contributed by atoms with Crippen LogP contribution in [0.3, 0.4) is 0 Å². The molecule has 1 aliphatic carbocycles. The maximum Gasteiger partial charge on any atom is 0.416 e. The largest absolute Gasteiger partial charge is 0.416 e. The summed E-state index contributed by atoms with van der Waals surface area (Å²) in [5.41, 5.74) is -0.844. The molecule has 8 heteroatoms. The van der Waals surface area contributed by atoms with Crippen LogP contribution in [0, 0.1) is 11.8 Å². The first-order valence-corrected chi connectivity index (χ1v) is 12.4. The van der Waals surface area contributed by atoms with Gasteiger partial charge in [0.15, 0.2) is 0 Å². The summed E-state index contributed by atoms with van der Waals surface area (Å²) in [4.78, 5) is -0.0940. The minimum atomic E-state index is -4.47. The van der Waals surface area contributed by atoms with Gasteiger partial charge in [0, 0.05) is 18.9 Å². The van der Waals surface area contributed by atoms with E-state index in [2.05, 4.69) is 15.9 Å². The van der Waals surface area contributed by atoms with Crippen molar-refractivity contribution in [2.24, 2.45) is 11.8 Å². The highest BCUT2D eigenvalue weighted by molar-refractivity contribution is 9.09. The van der Waals surface area contributed by atoms with Gasteiger partial charge in [-0.15, -0.1) is 0 Å². The second-order valence-electron chi connectivity index (χ2n) is 7.73. The molecule has 2 rings (SSSR count). The predicted octanol–water partition coefficient (Wildman–Crippen LogP) is 6.09. The van der Waals surface area contributed by atoms with Gasteiger partial charge in [-0.3, -0.25) is 0 Å². The van der Waals surface area contributed by atoms with Crippen LogP contribution in [0.25, 0.3) is 0 Å². The topological polar surface area (TPSA) is 37.4 Å². The number of halogens is 4. The number of hydrogen-bond donors (Lipinski definition) is 0. The van der Waals surface area contributed by atoms with Crippen LogP contribution in [0.4, 0.5) is 13.2 Å². The maximum atomic E-state index is 12.7. The predicted molar refractivity (Wildman–Crippen MR) is 109 cm³/mol. The van der Waals surface area contributed by atoms with Crippen LogP contribution in [0.15, 0.2) is 29.2 Å². The van der Waals surface area contributed by atoms with Gasteiger partial charge >= 0.3 is 6.18 Å². The fourth-order valence-corrected chi connectivity index (χ4v) is 5.51. The number of benzene rings is 1. The highest BCUT2D eigenvalue weighted by Gasteiger charge is 2.32. The van der Waals surface area contributed by atoms with Crippen LogP contribution in [0.2, 0.25) is 0 Å². The summed E-state index contributed by atoms with van der Waals surface area (Å²) in [5.74, 6) is 1.05. The molecule has 28 heavy (non-hydrogen) atoms. The van der Waals surface area contributed by atoms with Crippen LogP contribution >= 0.6 is 15.9 Å². The SMILES string of the molecule is CN(C[C@H]1CC[C@H](CCCCCBr)CC1)S(=O)(=O)c1ccc(C(F)(F)F)cc1. The summed E-state index contributed by atoms with van der Waals surface area (Å²) in [6, 6.07) is 3.72. The van der Waals surface area contributed by atoms with Crippen molar-refractivity contribution in [1.29, 1.82) is 0 Å². The number of alkyl halides is 4. The average Bonchev–Trinajstić information content (AvgIpc) is 2.66. The number of nitrogens with zero attached hydrogens (tertiary/aromatic N) is 1. The highest BCUT2D eigenvalue weighted by Crippen LogP contribution is 2.34. The lowest BCUT2D eigenvalue weighted by Crippen LogP contribution is -2.33. The molecule has 1 aromatic rings. The van der Waals surface area contributed by atoms with Gasteiger partial charge in [0.2, 0.25) is 10.0 Å². The Morgan fingerprint density at radius 3 is 2.11 bits per heavy atom. The van der Waals surface area contributed by atoms with Crippen molar-refractivity contribution in [3.63, 3.8) is 0 Å². The Balaban J connectivity index is 1.86. The van der Waals surface area contributed by atoms with E-state index in [9.17, 15) is 21.6 Å². The van der Waals surface area contributed by atoms with Crippen molar-refractivity contribution in [3.8, 4) is 0 Å². The molecule has 1 aromatic carbocycles. The van der Waals surface area contributed by atoms with E-state index in [4.69, 9.17) is 0 Å². The zero-order valence-electron chi connectivity index (χ0n) is 16.2. The minimum Gasteiger partial charge on any atom is -0.207 e. The molecule has 0 amide bonds. The van der Waals surface area contributed by atoms with Gasteiger partial charge in [-0.2, -0.15) is 13.2 Å². The molecule has 3 nitrogen and oxygen atoms in total. The lowest BCUT2D eigenvalue weighted by Gasteiger charge is -2.31. The molecule has 0 atom stereocenters. The molecule has 0 heterocycles. The Hall–Kier alpha value is -0.600. The molecule has 1 fully saturated rings. The number of sulfonamides is 1. The zero-order chi connectivity index (χ0) is 20.8. The maximum absolute atomic E-state index is 12.7. The molecule has 0 unspecified atom stereocenters. The summed E-state index contributed by atoms with van der Waals surface area (Å²) >= 11 is 3.45. The van der Waals surface area contributed by atoms with Crippen molar-refractivity contribution in [2.75, 3.05) is 18.9 Å². The summed E-state index contributed by atoms with van der Waals surface area (Å²) < 4.78 is 64.6. The fraction of sp³-hybridized carbons (Fsp3) is 0.700. The van der Waals surface area contributed by atoms with Gasteiger partial charge < -0.3 is 0 Å². The molecule has 0 bridgehead atoms. The molecule has 0 radical (unpaired) electrons. The number of unbranched alkanes of at least 4 members (excludes halogenated alkanes) is 2. The lowest BCUT2D eigenvalue weighted by molar-refractivity contribution is -0.137. The zero-order valence-corrected chi connectivity index (χ0v) is 18.6. The summed E-state index contributed by atoms with van der Waals surface area (Å²) in [7, 11) is -2.26. The van der Waals surface area contributed by atoms with E-state index < -0.39 is 21.8 Å². The average molecular weight is 484 g/mol. The number of hydrogen-bond acceptors (Lipinski definition) is 2. The highest BCUT2D eigenvalue weighted by atomic mass is 79.9. The van der Waals surface area contributed by atoms with E-state index in [1.165, 1.54) is 37.0 Å². The molecule has 0 spiro atoms. The summed E-state index contributed by atoms with van der Waals surface area (Å²) in [6.07, 6.45) is 4.77. The second-order valence-corrected chi connectivity index (χ2v) is 10.6. The smallest absolute Gasteiger partial charge is 0.207 e. The van der Waals surface area contributed by atoms with Gasteiger partial charge in [0.05, 0.1) is 10.5 Å². The third-order valence-electron chi connectivity index (χ3n) is 5.62. The van der Waals surface area contributed by atoms with Crippen molar-refractivity contribution >= 4 is 26.0 Å².